The monoisotopic (exact) mass is 258 g/mol. The van der Waals surface area contributed by atoms with Crippen molar-refractivity contribution in [2.45, 2.75) is 71.3 Å². The molecule has 0 bridgehead atoms. The van der Waals surface area contributed by atoms with Gasteiger partial charge in [-0.05, 0) is 32.1 Å². The second-order valence-electron chi connectivity index (χ2n) is 5.79. The first-order valence-corrected chi connectivity index (χ1v) is 5.75. The van der Waals surface area contributed by atoms with Gasteiger partial charge in [-0.15, -0.1) is 0 Å². The zero-order valence-electron chi connectivity index (χ0n) is 11.1. The van der Waals surface area contributed by atoms with E-state index in [4.69, 9.17) is 0 Å². The summed E-state index contributed by atoms with van der Waals surface area (Å²) in [6, 6.07) is 0. The summed E-state index contributed by atoms with van der Waals surface area (Å²) < 4.78 is 51.7. The molecule has 0 radical (unpaired) electrons. The van der Waals surface area contributed by atoms with Gasteiger partial charge in [0.05, 0.1) is 0 Å². The molecule has 0 saturated heterocycles. The zero-order valence-corrected chi connectivity index (χ0v) is 11.1. The molecule has 104 valence electrons. The van der Waals surface area contributed by atoms with Gasteiger partial charge in [-0.25, -0.2) is 4.39 Å². The quantitative estimate of drug-likeness (QED) is 0.731. The van der Waals surface area contributed by atoms with Crippen molar-refractivity contribution in [3.8, 4) is 0 Å². The molecule has 0 rings (SSSR count). The van der Waals surface area contributed by atoms with Gasteiger partial charge < -0.3 is 5.11 Å². The van der Waals surface area contributed by atoms with Crippen LogP contribution in [-0.2, 0) is 0 Å². The predicted octanol–water partition coefficient (Wildman–Crippen LogP) is 4.24. The van der Waals surface area contributed by atoms with Crippen LogP contribution in [0.1, 0.15) is 53.9 Å². The first-order valence-electron chi connectivity index (χ1n) is 5.75. The third kappa shape index (κ3) is 3.83. The fraction of sp³-hybridized carbons (Fsp3) is 1.00. The van der Waals surface area contributed by atoms with E-state index in [2.05, 4.69) is 0 Å². The van der Waals surface area contributed by atoms with Crippen LogP contribution in [0.5, 0.6) is 0 Å². The number of hydrogen-bond acceptors (Lipinski definition) is 1. The normalized spacial score (nSPS) is 20.8. The molecule has 0 aromatic carbocycles. The molecule has 2 atom stereocenters. The van der Waals surface area contributed by atoms with Crippen LogP contribution >= 0.6 is 0 Å². The van der Waals surface area contributed by atoms with E-state index in [1.54, 1.807) is 0 Å². The van der Waals surface area contributed by atoms with Crippen molar-refractivity contribution in [3.05, 3.63) is 0 Å². The summed E-state index contributed by atoms with van der Waals surface area (Å²) in [5.74, 6) is 0. The van der Waals surface area contributed by atoms with E-state index in [-0.39, 0.29) is 11.8 Å². The van der Waals surface area contributed by atoms with Gasteiger partial charge in [-0.3, -0.25) is 0 Å². The zero-order chi connectivity index (χ0) is 14.1. The summed E-state index contributed by atoms with van der Waals surface area (Å²) in [7, 11) is 0. The van der Waals surface area contributed by atoms with Crippen LogP contribution in [0.2, 0.25) is 0 Å². The molecule has 2 unspecified atom stereocenters. The minimum absolute atomic E-state index is 0.227. The lowest BCUT2D eigenvalue weighted by molar-refractivity contribution is -0.295. The van der Waals surface area contributed by atoms with E-state index >= 15 is 0 Å². The van der Waals surface area contributed by atoms with Gasteiger partial charge in [0.1, 0.15) is 5.67 Å². The van der Waals surface area contributed by atoms with Crippen molar-refractivity contribution in [2.24, 2.45) is 5.41 Å². The highest BCUT2D eigenvalue weighted by atomic mass is 19.4. The molecule has 0 saturated carbocycles. The summed E-state index contributed by atoms with van der Waals surface area (Å²) in [4.78, 5) is 0. The van der Waals surface area contributed by atoms with Gasteiger partial charge in [-0.2, -0.15) is 13.2 Å². The molecule has 5 heteroatoms. The highest BCUT2D eigenvalue weighted by molar-refractivity contribution is 4.99. The Morgan fingerprint density at radius 3 is 1.59 bits per heavy atom. The van der Waals surface area contributed by atoms with E-state index in [1.807, 2.05) is 20.8 Å². The minimum atomic E-state index is -4.97. The topological polar surface area (TPSA) is 20.2 Å². The Kier molecular flexibility index (Phi) is 4.66. The van der Waals surface area contributed by atoms with Crippen molar-refractivity contribution >= 4 is 0 Å². The number of aliphatic hydroxyl groups is 1. The molecular weight excluding hydrogens is 236 g/mol. The van der Waals surface area contributed by atoms with Crippen molar-refractivity contribution in [1.82, 2.24) is 0 Å². The summed E-state index contributed by atoms with van der Waals surface area (Å²) in [6.45, 7) is 6.94. The first kappa shape index (κ1) is 16.7. The number of rotatable bonds is 5. The highest BCUT2D eigenvalue weighted by Gasteiger charge is 2.61. The molecule has 0 spiro atoms. The van der Waals surface area contributed by atoms with Crippen molar-refractivity contribution in [3.63, 3.8) is 0 Å². The summed E-state index contributed by atoms with van der Waals surface area (Å²) in [5.41, 5.74) is -6.23. The lowest BCUT2D eigenvalue weighted by atomic mass is 9.77. The lowest BCUT2D eigenvalue weighted by Gasteiger charge is -2.39. The van der Waals surface area contributed by atoms with Crippen LogP contribution < -0.4 is 0 Å². The molecule has 0 aromatic rings. The molecule has 1 N–H and O–H groups in total. The summed E-state index contributed by atoms with van der Waals surface area (Å²) in [6.07, 6.45) is -4.24. The van der Waals surface area contributed by atoms with Crippen LogP contribution in [0.4, 0.5) is 17.6 Å². The Bertz CT molecular complexity index is 254. The molecule has 0 aliphatic carbocycles. The van der Waals surface area contributed by atoms with Crippen LogP contribution in [0.15, 0.2) is 0 Å². The van der Waals surface area contributed by atoms with Gasteiger partial charge in [0.15, 0.2) is 5.60 Å². The Labute approximate surface area is 100 Å². The molecule has 0 fully saturated rings. The van der Waals surface area contributed by atoms with E-state index in [1.165, 1.54) is 0 Å². The maximum absolute atomic E-state index is 14.1. The predicted molar refractivity (Wildman–Crippen MR) is 59.5 cm³/mol. The van der Waals surface area contributed by atoms with Crippen LogP contribution in [-0.4, -0.2) is 22.6 Å². The minimum Gasteiger partial charge on any atom is -0.378 e. The van der Waals surface area contributed by atoms with Gasteiger partial charge in [0.25, 0.3) is 0 Å². The van der Waals surface area contributed by atoms with Crippen LogP contribution in [0.3, 0.4) is 0 Å². The van der Waals surface area contributed by atoms with E-state index in [0.717, 1.165) is 13.3 Å². The SMILES string of the molecule is CCC(C)(C)CCC(C)(F)C(C)(O)C(F)(F)F. The number of alkyl halides is 4. The Hall–Kier alpha value is -0.320. The standard InChI is InChI=1S/C12H22F4O/c1-6-9(2,3)7-8-10(4,13)11(5,17)12(14,15)16/h17H,6-8H2,1-5H3. The molecule has 1 nitrogen and oxygen atoms in total. The maximum atomic E-state index is 14.1. The van der Waals surface area contributed by atoms with Crippen LogP contribution in [0.25, 0.3) is 0 Å². The second kappa shape index (κ2) is 4.75. The van der Waals surface area contributed by atoms with Crippen LogP contribution in [0, 0.1) is 5.41 Å². The summed E-state index contributed by atoms with van der Waals surface area (Å²) in [5, 5.41) is 9.35. The van der Waals surface area contributed by atoms with Gasteiger partial charge >= 0.3 is 6.18 Å². The molecule has 0 aromatic heterocycles. The highest BCUT2D eigenvalue weighted by Crippen LogP contribution is 2.44. The molecule has 0 heterocycles. The lowest BCUT2D eigenvalue weighted by Crippen LogP contribution is -2.57. The van der Waals surface area contributed by atoms with E-state index in [9.17, 15) is 22.7 Å². The molecule has 0 amide bonds. The maximum Gasteiger partial charge on any atom is 0.420 e. The van der Waals surface area contributed by atoms with Crippen molar-refractivity contribution in [1.29, 1.82) is 0 Å². The van der Waals surface area contributed by atoms with Crippen molar-refractivity contribution < 1.29 is 22.7 Å². The van der Waals surface area contributed by atoms with Gasteiger partial charge in [0.2, 0.25) is 0 Å². The third-order valence-corrected chi connectivity index (χ3v) is 3.80. The average Bonchev–Trinajstić information content (AvgIpc) is 2.13. The Morgan fingerprint density at radius 1 is 0.882 bits per heavy atom. The smallest absolute Gasteiger partial charge is 0.378 e. The van der Waals surface area contributed by atoms with Crippen molar-refractivity contribution in [2.75, 3.05) is 0 Å². The summed E-state index contributed by atoms with van der Waals surface area (Å²) >= 11 is 0. The van der Waals surface area contributed by atoms with Gasteiger partial charge in [-0.1, -0.05) is 27.2 Å². The third-order valence-electron chi connectivity index (χ3n) is 3.80. The molecule has 0 aliphatic rings. The van der Waals surface area contributed by atoms with E-state index in [0.29, 0.717) is 13.3 Å². The number of halogens is 4. The van der Waals surface area contributed by atoms with E-state index < -0.39 is 17.4 Å². The largest absolute Gasteiger partial charge is 0.420 e. The molecular formula is C12H22F4O. The Morgan fingerprint density at radius 2 is 1.29 bits per heavy atom. The van der Waals surface area contributed by atoms with Gasteiger partial charge in [0, 0.05) is 0 Å². The molecule has 17 heavy (non-hydrogen) atoms. The average molecular weight is 258 g/mol. The first-order chi connectivity index (χ1) is 7.27. The second-order valence-corrected chi connectivity index (χ2v) is 5.79. The molecule has 0 aliphatic heterocycles. The Balaban J connectivity index is 4.81. The fourth-order valence-corrected chi connectivity index (χ4v) is 1.29. The fourth-order valence-electron chi connectivity index (χ4n) is 1.29. The number of hydrogen-bond donors (Lipinski definition) is 1.